The first kappa shape index (κ1) is 170. The average molecular weight is 210 g/mol. The van der Waals surface area contributed by atoms with Crippen LogP contribution in [0.2, 0.25) is 0 Å². The van der Waals surface area contributed by atoms with Crippen LogP contribution in [0.15, 0.2) is 0 Å². The molecule has 1 radical (unpaired) electrons. The summed E-state index contributed by atoms with van der Waals surface area (Å²) in [5.41, 5.74) is 0. The molecule has 0 aliphatic rings. The molecule has 0 heterocycles. The molecule has 0 bridgehead atoms. The average Bonchev–Trinajstić information content (AvgIpc) is 0. The van der Waals surface area contributed by atoms with Crippen molar-refractivity contribution in [2.24, 2.45) is 0 Å². The fraction of sp³-hybridized carbons (Fsp3) is 0. The van der Waals surface area contributed by atoms with Crippen molar-refractivity contribution in [1.29, 1.82) is 0 Å². The van der Waals surface area contributed by atoms with Gasteiger partial charge in [-0.1, -0.05) is 0 Å². The van der Waals surface area contributed by atoms with Crippen molar-refractivity contribution >= 4 is 0 Å². The molecule has 0 saturated heterocycles. The van der Waals surface area contributed by atoms with Crippen LogP contribution in [0.5, 0.6) is 0 Å². The maximum absolute atomic E-state index is 0. The monoisotopic (exact) mass is 209 g/mol. The maximum atomic E-state index is 0. The standard InChI is InChI=1S/4H2O.V.Zr/h4*1H2;;/q;;;;;+4/p-4. The first-order chi connectivity index (χ1) is 0. The van der Waals surface area contributed by atoms with E-state index in [1.165, 1.54) is 0 Å². The Hall–Kier alpha value is 1.31. The van der Waals surface area contributed by atoms with Gasteiger partial charge in [0.1, 0.15) is 0 Å². The third kappa shape index (κ3) is 57.6. The summed E-state index contributed by atoms with van der Waals surface area (Å²) in [5, 5.41) is 0. The summed E-state index contributed by atoms with van der Waals surface area (Å²) < 4.78 is 0. The summed E-state index contributed by atoms with van der Waals surface area (Å²) in [5.74, 6) is 0. The normalized spacial score (nSPS) is 0. The Morgan fingerprint density at radius 3 is 0.500 bits per heavy atom. The molecule has 0 aromatic heterocycles. The first-order valence-corrected chi connectivity index (χ1v) is 0. The molecule has 4 nitrogen and oxygen atoms in total. The Morgan fingerprint density at radius 2 is 0.500 bits per heavy atom. The van der Waals surface area contributed by atoms with E-state index in [0.29, 0.717) is 0 Å². The fourth-order valence-corrected chi connectivity index (χ4v) is 0. The van der Waals surface area contributed by atoms with Crippen LogP contribution in [0.3, 0.4) is 0 Å². The fourth-order valence-electron chi connectivity index (χ4n) is 0. The van der Waals surface area contributed by atoms with E-state index in [-0.39, 0.29) is 66.7 Å². The van der Waals surface area contributed by atoms with E-state index in [4.69, 9.17) is 0 Å². The molecule has 0 rings (SSSR count). The minimum absolute atomic E-state index is 0. The van der Waals surface area contributed by atoms with Crippen molar-refractivity contribution < 1.29 is 66.7 Å². The minimum atomic E-state index is 0. The van der Waals surface area contributed by atoms with Gasteiger partial charge in [-0.25, -0.2) is 0 Å². The molecule has 0 atom stereocenters. The topological polar surface area (TPSA) is 120 Å². The van der Waals surface area contributed by atoms with Crippen LogP contribution >= 0.6 is 0 Å². The Morgan fingerprint density at radius 1 is 0.500 bits per heavy atom. The summed E-state index contributed by atoms with van der Waals surface area (Å²) in [4.78, 5) is 0. The van der Waals surface area contributed by atoms with Gasteiger partial charge in [-0.2, -0.15) is 0 Å². The second-order valence-corrected chi connectivity index (χ2v) is 0. The Bertz CT molecular complexity index is 7.51. The van der Waals surface area contributed by atoms with Crippen LogP contribution in [-0.2, 0) is 44.8 Å². The molecular weight excluding hydrogens is 206 g/mol. The maximum Gasteiger partial charge on any atom is 4.00 e. The van der Waals surface area contributed by atoms with Crippen molar-refractivity contribution in [1.82, 2.24) is 0 Å². The molecule has 0 saturated carbocycles. The molecule has 0 fully saturated rings. The molecule has 0 amide bonds. The van der Waals surface area contributed by atoms with Crippen molar-refractivity contribution in [3.63, 3.8) is 0 Å². The largest absolute Gasteiger partial charge is 4.00 e. The van der Waals surface area contributed by atoms with E-state index in [1.807, 2.05) is 0 Å². The van der Waals surface area contributed by atoms with E-state index >= 15 is 0 Å². The van der Waals surface area contributed by atoms with Crippen LogP contribution in [0.25, 0.3) is 0 Å². The molecule has 0 aliphatic carbocycles. The summed E-state index contributed by atoms with van der Waals surface area (Å²) in [6.07, 6.45) is 0. The third-order valence-electron chi connectivity index (χ3n) is 0. The van der Waals surface area contributed by atoms with Crippen molar-refractivity contribution in [2.75, 3.05) is 0 Å². The molecule has 0 spiro atoms. The van der Waals surface area contributed by atoms with E-state index in [2.05, 4.69) is 0 Å². The quantitative estimate of drug-likeness (QED) is 0.524. The SMILES string of the molecule is [OH-].[OH-].[OH-].[OH-].[V].[Zr+4]. The smallest absolute Gasteiger partial charge is 0.870 e. The van der Waals surface area contributed by atoms with Crippen molar-refractivity contribution in [3.8, 4) is 0 Å². The van der Waals surface area contributed by atoms with E-state index in [1.54, 1.807) is 0 Å². The summed E-state index contributed by atoms with van der Waals surface area (Å²) in [7, 11) is 0. The van der Waals surface area contributed by atoms with Crippen molar-refractivity contribution in [3.05, 3.63) is 0 Å². The molecule has 0 aromatic rings. The second kappa shape index (κ2) is 104. The number of rotatable bonds is 0. The van der Waals surface area contributed by atoms with Crippen LogP contribution in [0.4, 0.5) is 0 Å². The first-order valence-electron chi connectivity index (χ1n) is 0. The predicted molar refractivity (Wildman–Crippen MR) is 7.74 cm³/mol. The Kier molecular flexibility index (Phi) is 2950. The Labute approximate surface area is 66.5 Å². The summed E-state index contributed by atoms with van der Waals surface area (Å²) >= 11 is 0. The zero-order valence-corrected chi connectivity index (χ0v) is 6.59. The van der Waals surface area contributed by atoms with Gasteiger partial charge in [0.15, 0.2) is 0 Å². The van der Waals surface area contributed by atoms with Gasteiger partial charge in [-0.05, 0) is 0 Å². The number of hydrogen-bond acceptors (Lipinski definition) is 4. The summed E-state index contributed by atoms with van der Waals surface area (Å²) in [6.45, 7) is 0. The molecule has 6 heteroatoms. The zero-order valence-electron chi connectivity index (χ0n) is 2.74. The molecule has 0 aromatic carbocycles. The van der Waals surface area contributed by atoms with Gasteiger partial charge < -0.3 is 21.9 Å². The van der Waals surface area contributed by atoms with Gasteiger partial charge in [0.2, 0.25) is 0 Å². The van der Waals surface area contributed by atoms with E-state index < -0.39 is 0 Å². The van der Waals surface area contributed by atoms with Crippen LogP contribution in [-0.4, -0.2) is 21.9 Å². The third-order valence-corrected chi connectivity index (χ3v) is 0. The molecule has 37 valence electrons. The van der Waals surface area contributed by atoms with Crippen molar-refractivity contribution in [2.45, 2.75) is 0 Å². The molecule has 0 unspecified atom stereocenters. The predicted octanol–water partition coefficient (Wildman–Crippen LogP) is -0.712. The van der Waals surface area contributed by atoms with Gasteiger partial charge in [-0.3, -0.25) is 0 Å². The Balaban J connectivity index is 0. The molecule has 0 aliphatic heterocycles. The van der Waals surface area contributed by atoms with E-state index in [9.17, 15) is 0 Å². The van der Waals surface area contributed by atoms with Gasteiger partial charge in [0, 0.05) is 18.6 Å². The van der Waals surface area contributed by atoms with Gasteiger partial charge >= 0.3 is 26.2 Å². The molecular formula is H4O4VZr. The van der Waals surface area contributed by atoms with Crippen LogP contribution in [0, 0.1) is 0 Å². The van der Waals surface area contributed by atoms with Crippen LogP contribution < -0.4 is 0 Å². The zero-order chi connectivity index (χ0) is 0. The van der Waals surface area contributed by atoms with E-state index in [0.717, 1.165) is 0 Å². The summed E-state index contributed by atoms with van der Waals surface area (Å²) in [6, 6.07) is 0. The second-order valence-electron chi connectivity index (χ2n) is 0. The molecule has 4 N–H and O–H groups in total. The number of hydrogen-bond donors (Lipinski definition) is 0. The van der Waals surface area contributed by atoms with Gasteiger partial charge in [0.25, 0.3) is 0 Å². The molecule has 6 heavy (non-hydrogen) atoms. The van der Waals surface area contributed by atoms with Gasteiger partial charge in [-0.15, -0.1) is 0 Å². The minimum Gasteiger partial charge on any atom is -0.870 e. The van der Waals surface area contributed by atoms with Gasteiger partial charge in [0.05, 0.1) is 0 Å². The van der Waals surface area contributed by atoms with Crippen LogP contribution in [0.1, 0.15) is 0 Å².